The van der Waals surface area contributed by atoms with E-state index in [0.717, 1.165) is 16.6 Å². The summed E-state index contributed by atoms with van der Waals surface area (Å²) in [6, 6.07) is 14.4. The second kappa shape index (κ2) is 5.69. The molecule has 0 saturated carbocycles. The summed E-state index contributed by atoms with van der Waals surface area (Å²) in [5.41, 5.74) is 7.84. The molecule has 0 radical (unpaired) electrons. The van der Waals surface area contributed by atoms with Crippen molar-refractivity contribution in [2.75, 3.05) is 5.73 Å². The molecule has 1 heterocycles. The number of aromatic nitrogens is 1. The molecule has 3 rings (SSSR count). The average molecular weight is 347 g/mol. The predicted octanol–water partition coefficient (Wildman–Crippen LogP) is 4.30. The van der Waals surface area contributed by atoms with Gasteiger partial charge < -0.3 is 10.5 Å². The van der Waals surface area contributed by atoms with Gasteiger partial charge in [0, 0.05) is 11.5 Å². The van der Waals surface area contributed by atoms with Crippen molar-refractivity contribution in [2.45, 2.75) is 6.61 Å². The molecule has 3 aromatic rings. The van der Waals surface area contributed by atoms with E-state index in [0.29, 0.717) is 15.9 Å². The molecule has 0 unspecified atom stereocenters. The lowest BCUT2D eigenvalue weighted by Gasteiger charge is -2.10. The van der Waals surface area contributed by atoms with Crippen LogP contribution >= 0.6 is 15.9 Å². The summed E-state index contributed by atoms with van der Waals surface area (Å²) in [5.74, 6) is -0.101. The van der Waals surface area contributed by atoms with Crippen molar-refractivity contribution in [3.8, 4) is 5.75 Å². The fraction of sp³-hybridized carbons (Fsp3) is 0.0625. The molecule has 0 aliphatic heterocycles. The minimum Gasteiger partial charge on any atom is -0.485 e. The summed E-state index contributed by atoms with van der Waals surface area (Å²) in [5, 5.41) is 1.07. The third-order valence-electron chi connectivity index (χ3n) is 3.08. The first kappa shape index (κ1) is 13.8. The van der Waals surface area contributed by atoms with Crippen LogP contribution in [0, 0.1) is 5.82 Å². The molecule has 106 valence electrons. The second-order valence-corrected chi connectivity index (χ2v) is 5.44. The van der Waals surface area contributed by atoms with Gasteiger partial charge in [-0.1, -0.05) is 24.3 Å². The van der Waals surface area contributed by atoms with Gasteiger partial charge >= 0.3 is 0 Å². The molecule has 3 nitrogen and oxygen atoms in total. The zero-order valence-corrected chi connectivity index (χ0v) is 12.6. The van der Waals surface area contributed by atoms with Gasteiger partial charge in [-0.2, -0.15) is 0 Å². The normalized spacial score (nSPS) is 10.8. The van der Waals surface area contributed by atoms with Gasteiger partial charge in [-0.15, -0.1) is 0 Å². The molecule has 1 aromatic heterocycles. The molecule has 0 amide bonds. The molecule has 0 spiro atoms. The zero-order chi connectivity index (χ0) is 14.8. The number of halogens is 2. The number of pyridine rings is 1. The topological polar surface area (TPSA) is 48.1 Å². The number of ether oxygens (including phenoxy) is 1. The highest BCUT2D eigenvalue weighted by Crippen LogP contribution is 2.29. The van der Waals surface area contributed by atoms with Crippen molar-refractivity contribution < 1.29 is 9.13 Å². The van der Waals surface area contributed by atoms with Gasteiger partial charge in [0.15, 0.2) is 0 Å². The van der Waals surface area contributed by atoms with E-state index >= 15 is 0 Å². The van der Waals surface area contributed by atoms with Gasteiger partial charge in [0.1, 0.15) is 18.2 Å². The minimum absolute atomic E-state index is 0.232. The van der Waals surface area contributed by atoms with Crippen LogP contribution in [-0.4, -0.2) is 4.98 Å². The number of para-hydroxylation sites is 1. The smallest absolute Gasteiger partial charge is 0.145 e. The van der Waals surface area contributed by atoms with Crippen LogP contribution < -0.4 is 10.5 Å². The molecule has 0 bridgehead atoms. The van der Waals surface area contributed by atoms with E-state index in [1.54, 1.807) is 0 Å². The highest BCUT2D eigenvalue weighted by atomic mass is 79.9. The van der Waals surface area contributed by atoms with Crippen molar-refractivity contribution in [3.05, 3.63) is 64.5 Å². The monoisotopic (exact) mass is 346 g/mol. The first-order chi connectivity index (χ1) is 10.1. The Morgan fingerprint density at radius 2 is 1.95 bits per heavy atom. The summed E-state index contributed by atoms with van der Waals surface area (Å²) in [6.07, 6.45) is 0. The highest BCUT2D eigenvalue weighted by molar-refractivity contribution is 9.10. The highest BCUT2D eigenvalue weighted by Gasteiger charge is 2.08. The van der Waals surface area contributed by atoms with Gasteiger partial charge in [0.25, 0.3) is 0 Å². The molecule has 21 heavy (non-hydrogen) atoms. The Bertz CT molecular complexity index is 807. The fourth-order valence-corrected chi connectivity index (χ4v) is 2.37. The number of nitrogens with two attached hydrogens (primary N) is 1. The Kier molecular flexibility index (Phi) is 3.75. The number of rotatable bonds is 3. The third kappa shape index (κ3) is 2.97. The molecule has 0 fully saturated rings. The molecule has 2 N–H and O–H groups in total. The van der Waals surface area contributed by atoms with Crippen molar-refractivity contribution in [2.24, 2.45) is 0 Å². The first-order valence-corrected chi connectivity index (χ1v) is 7.15. The van der Waals surface area contributed by atoms with Crippen LogP contribution in [0.2, 0.25) is 0 Å². The maximum Gasteiger partial charge on any atom is 0.145 e. The van der Waals surface area contributed by atoms with Gasteiger partial charge in [-0.3, -0.25) is 0 Å². The Morgan fingerprint density at radius 1 is 1.14 bits per heavy atom. The maximum absolute atomic E-state index is 13.5. The number of nitrogen functional groups attached to an aromatic ring is 1. The lowest BCUT2D eigenvalue weighted by molar-refractivity contribution is 0.302. The quantitative estimate of drug-likeness (QED) is 0.719. The Morgan fingerprint density at radius 3 is 2.81 bits per heavy atom. The van der Waals surface area contributed by atoms with Crippen molar-refractivity contribution >= 4 is 32.5 Å². The van der Waals surface area contributed by atoms with Gasteiger partial charge in [-0.05, 0) is 34.1 Å². The third-order valence-corrected chi connectivity index (χ3v) is 3.69. The summed E-state index contributed by atoms with van der Waals surface area (Å²) >= 11 is 3.08. The molecular formula is C16H12BrFN2O. The number of hydrogen-bond acceptors (Lipinski definition) is 3. The number of benzene rings is 2. The lowest BCUT2D eigenvalue weighted by atomic mass is 10.2. The summed E-state index contributed by atoms with van der Waals surface area (Å²) < 4.78 is 19.4. The molecule has 0 aliphatic rings. The van der Waals surface area contributed by atoms with Crippen molar-refractivity contribution in [1.82, 2.24) is 4.98 Å². The van der Waals surface area contributed by atoms with E-state index in [4.69, 9.17) is 10.5 Å². The fourth-order valence-electron chi connectivity index (χ4n) is 2.01. The van der Waals surface area contributed by atoms with E-state index in [-0.39, 0.29) is 6.61 Å². The van der Waals surface area contributed by atoms with Crippen LogP contribution in [0.3, 0.4) is 0 Å². The summed E-state index contributed by atoms with van der Waals surface area (Å²) in [4.78, 5) is 4.49. The van der Waals surface area contributed by atoms with E-state index in [2.05, 4.69) is 20.9 Å². The standard InChI is InChI=1S/C16H12BrFN2O/c17-12-7-14(19)16(8-13(12)18)21-9-11-6-5-10-3-1-2-4-15(10)20-11/h1-8H,9,19H2. The zero-order valence-electron chi connectivity index (χ0n) is 11.0. The minimum atomic E-state index is -0.411. The molecule has 5 heteroatoms. The van der Waals surface area contributed by atoms with E-state index in [1.807, 2.05) is 36.4 Å². The van der Waals surface area contributed by atoms with Crippen LogP contribution in [0.25, 0.3) is 10.9 Å². The van der Waals surface area contributed by atoms with Gasteiger partial charge in [0.2, 0.25) is 0 Å². The molecule has 2 aromatic carbocycles. The maximum atomic E-state index is 13.5. The molecule has 0 aliphatic carbocycles. The average Bonchev–Trinajstić information content (AvgIpc) is 2.49. The first-order valence-electron chi connectivity index (χ1n) is 6.35. The number of anilines is 1. The predicted molar refractivity (Wildman–Crippen MR) is 84.6 cm³/mol. The number of hydrogen-bond donors (Lipinski definition) is 1. The Hall–Kier alpha value is -2.14. The second-order valence-electron chi connectivity index (χ2n) is 4.59. The molecule has 0 saturated heterocycles. The largest absolute Gasteiger partial charge is 0.485 e. The van der Waals surface area contributed by atoms with Crippen LogP contribution in [0.15, 0.2) is 53.0 Å². The van der Waals surface area contributed by atoms with Crippen LogP contribution in [0.1, 0.15) is 5.69 Å². The number of fused-ring (bicyclic) bond motifs is 1. The van der Waals surface area contributed by atoms with E-state index < -0.39 is 5.82 Å². The van der Waals surface area contributed by atoms with Crippen molar-refractivity contribution in [3.63, 3.8) is 0 Å². The van der Waals surface area contributed by atoms with E-state index in [1.165, 1.54) is 12.1 Å². The van der Waals surface area contributed by atoms with E-state index in [9.17, 15) is 4.39 Å². The van der Waals surface area contributed by atoms with Crippen LogP contribution in [0.4, 0.5) is 10.1 Å². The molecule has 0 atom stereocenters. The van der Waals surface area contributed by atoms with Crippen molar-refractivity contribution in [1.29, 1.82) is 0 Å². The summed E-state index contributed by atoms with van der Waals surface area (Å²) in [7, 11) is 0. The van der Waals surface area contributed by atoms with Gasteiger partial charge in [0.05, 0.1) is 21.4 Å². The summed E-state index contributed by atoms with van der Waals surface area (Å²) in [6.45, 7) is 0.232. The van der Waals surface area contributed by atoms with Gasteiger partial charge in [-0.25, -0.2) is 9.37 Å². The SMILES string of the molecule is Nc1cc(Br)c(F)cc1OCc1ccc2ccccc2n1. The molecular weight excluding hydrogens is 335 g/mol. The Labute approximate surface area is 129 Å². The van der Waals surface area contributed by atoms with Crippen LogP contribution in [-0.2, 0) is 6.61 Å². The number of nitrogens with zero attached hydrogens (tertiary/aromatic N) is 1. The van der Waals surface area contributed by atoms with Crippen LogP contribution in [0.5, 0.6) is 5.75 Å². The lowest BCUT2D eigenvalue weighted by Crippen LogP contribution is -2.01. The Balaban J connectivity index is 1.81.